The fourth-order valence-electron chi connectivity index (χ4n) is 1.39. The number of oxime groups is 1. The number of nitrogens with two attached hydrogens (primary N) is 1. The van der Waals surface area contributed by atoms with Crippen molar-refractivity contribution in [3.63, 3.8) is 0 Å². The lowest BCUT2D eigenvalue weighted by molar-refractivity contribution is -0.124. The van der Waals surface area contributed by atoms with Crippen molar-refractivity contribution < 1.29 is 14.4 Å². The van der Waals surface area contributed by atoms with Gasteiger partial charge in [0.25, 0.3) is 0 Å². The number of benzene rings is 1. The Labute approximate surface area is 111 Å². The van der Waals surface area contributed by atoms with Crippen LogP contribution >= 0.6 is 0 Å². The molecule has 0 heterocycles. The van der Waals surface area contributed by atoms with E-state index in [1.807, 2.05) is 6.92 Å². The zero-order chi connectivity index (χ0) is 14.6. The van der Waals surface area contributed by atoms with E-state index < -0.39 is 11.2 Å². The number of carbonyl (C=O) groups is 1. The molecule has 0 aliphatic heterocycles. The van der Waals surface area contributed by atoms with E-state index in [1.54, 1.807) is 13.8 Å². The third-order valence-corrected chi connectivity index (χ3v) is 3.12. The second kappa shape index (κ2) is 5.69. The molecule has 0 aliphatic rings. The van der Waals surface area contributed by atoms with Gasteiger partial charge in [-0.15, -0.1) is 0 Å². The minimum Gasteiger partial charge on any atom is -0.409 e. The molecule has 1 rings (SSSR count). The van der Waals surface area contributed by atoms with Crippen LogP contribution in [0.3, 0.4) is 0 Å². The number of halogens is 1. The van der Waals surface area contributed by atoms with Gasteiger partial charge in [-0.05, 0) is 18.6 Å². The Balaban J connectivity index is 3.16. The van der Waals surface area contributed by atoms with E-state index in [1.165, 1.54) is 18.2 Å². The third kappa shape index (κ3) is 3.21. The molecule has 0 radical (unpaired) electrons. The fourth-order valence-corrected chi connectivity index (χ4v) is 1.39. The highest BCUT2D eigenvalue weighted by molar-refractivity contribution is 6.06. The second-order valence-corrected chi connectivity index (χ2v) is 4.84. The van der Waals surface area contributed by atoms with E-state index in [9.17, 15) is 9.18 Å². The van der Waals surface area contributed by atoms with Crippen molar-refractivity contribution in [3.05, 3.63) is 29.6 Å². The largest absolute Gasteiger partial charge is 0.409 e. The molecule has 1 amide bonds. The van der Waals surface area contributed by atoms with Crippen molar-refractivity contribution in [1.82, 2.24) is 0 Å². The van der Waals surface area contributed by atoms with Gasteiger partial charge < -0.3 is 16.3 Å². The molecule has 0 aromatic heterocycles. The van der Waals surface area contributed by atoms with Crippen molar-refractivity contribution in [2.24, 2.45) is 16.3 Å². The van der Waals surface area contributed by atoms with Crippen molar-refractivity contribution >= 4 is 17.4 Å². The second-order valence-electron chi connectivity index (χ2n) is 4.84. The highest BCUT2D eigenvalue weighted by Gasteiger charge is 2.26. The van der Waals surface area contributed by atoms with Gasteiger partial charge in [-0.1, -0.05) is 32.0 Å². The first kappa shape index (κ1) is 14.9. The van der Waals surface area contributed by atoms with Gasteiger partial charge >= 0.3 is 0 Å². The van der Waals surface area contributed by atoms with Gasteiger partial charge in [0.15, 0.2) is 5.84 Å². The summed E-state index contributed by atoms with van der Waals surface area (Å²) in [7, 11) is 0. The number of rotatable bonds is 4. The lowest BCUT2D eigenvalue weighted by Crippen LogP contribution is -2.31. The maximum absolute atomic E-state index is 13.7. The fraction of sp³-hybridized carbons (Fsp3) is 0.385. The van der Waals surface area contributed by atoms with Crippen LogP contribution in [0.1, 0.15) is 32.8 Å². The summed E-state index contributed by atoms with van der Waals surface area (Å²) in [4.78, 5) is 12.1. The van der Waals surface area contributed by atoms with Crippen molar-refractivity contribution in [1.29, 1.82) is 0 Å². The Morgan fingerprint density at radius 1 is 1.53 bits per heavy atom. The summed E-state index contributed by atoms with van der Waals surface area (Å²) < 4.78 is 13.7. The van der Waals surface area contributed by atoms with E-state index in [0.717, 1.165) is 0 Å². The van der Waals surface area contributed by atoms with Gasteiger partial charge in [0.05, 0.1) is 11.3 Å². The Hall–Kier alpha value is -2.11. The normalized spacial score (nSPS) is 12.3. The van der Waals surface area contributed by atoms with Crippen LogP contribution < -0.4 is 11.1 Å². The third-order valence-electron chi connectivity index (χ3n) is 3.12. The molecule has 5 nitrogen and oxygen atoms in total. The molecular formula is C13H18FN3O2. The van der Waals surface area contributed by atoms with Gasteiger partial charge in [-0.3, -0.25) is 4.79 Å². The zero-order valence-corrected chi connectivity index (χ0v) is 11.2. The quantitative estimate of drug-likeness (QED) is 0.338. The monoisotopic (exact) mass is 267 g/mol. The predicted molar refractivity (Wildman–Crippen MR) is 71.6 cm³/mol. The van der Waals surface area contributed by atoms with E-state index in [4.69, 9.17) is 10.9 Å². The molecule has 6 heteroatoms. The molecule has 1 aromatic rings. The smallest absolute Gasteiger partial charge is 0.230 e. The van der Waals surface area contributed by atoms with Crippen LogP contribution in [-0.4, -0.2) is 17.0 Å². The average Bonchev–Trinajstić information content (AvgIpc) is 2.38. The number of hydrogen-bond donors (Lipinski definition) is 3. The molecule has 0 spiro atoms. The molecule has 0 bridgehead atoms. The SMILES string of the molecule is CCC(C)(C)C(=O)Nc1cccc(F)c1C(N)=NO. The van der Waals surface area contributed by atoms with Crippen molar-refractivity contribution in [2.45, 2.75) is 27.2 Å². The first-order valence-electron chi connectivity index (χ1n) is 5.91. The van der Waals surface area contributed by atoms with Crippen molar-refractivity contribution in [3.8, 4) is 0 Å². The Morgan fingerprint density at radius 3 is 2.68 bits per heavy atom. The number of nitrogens with one attached hydrogen (secondary N) is 1. The first-order valence-corrected chi connectivity index (χ1v) is 5.91. The van der Waals surface area contributed by atoms with Crippen LogP contribution in [-0.2, 0) is 4.79 Å². The van der Waals surface area contributed by atoms with Crippen LogP contribution in [0.2, 0.25) is 0 Å². The molecular weight excluding hydrogens is 249 g/mol. The molecule has 0 atom stereocenters. The topological polar surface area (TPSA) is 87.7 Å². The minimum absolute atomic E-state index is 0.120. The summed E-state index contributed by atoms with van der Waals surface area (Å²) in [6.07, 6.45) is 0.632. The molecule has 0 unspecified atom stereocenters. The standard InChI is InChI=1S/C13H18FN3O2/c1-4-13(2,3)12(18)16-9-7-5-6-8(14)10(9)11(15)17-19/h5-7,19H,4H2,1-3H3,(H2,15,17)(H,16,18). The first-order chi connectivity index (χ1) is 8.83. The molecule has 0 saturated carbocycles. The van der Waals surface area contributed by atoms with Gasteiger partial charge in [0.2, 0.25) is 5.91 Å². The molecule has 1 aromatic carbocycles. The van der Waals surface area contributed by atoms with E-state index in [-0.39, 0.29) is 23.0 Å². The number of carbonyl (C=O) groups excluding carboxylic acids is 1. The minimum atomic E-state index is -0.664. The van der Waals surface area contributed by atoms with Crippen LogP contribution in [0.4, 0.5) is 10.1 Å². The molecule has 19 heavy (non-hydrogen) atoms. The summed E-state index contributed by atoms with van der Waals surface area (Å²) in [5.41, 5.74) is 4.90. The Bertz CT molecular complexity index is 513. The summed E-state index contributed by atoms with van der Waals surface area (Å²) in [5.74, 6) is -1.31. The summed E-state index contributed by atoms with van der Waals surface area (Å²) in [6, 6.07) is 4.12. The van der Waals surface area contributed by atoms with Crippen LogP contribution in [0.5, 0.6) is 0 Å². The number of anilines is 1. The van der Waals surface area contributed by atoms with E-state index >= 15 is 0 Å². The molecule has 104 valence electrons. The number of hydrogen-bond acceptors (Lipinski definition) is 3. The Kier molecular flexibility index (Phi) is 4.47. The van der Waals surface area contributed by atoms with E-state index in [0.29, 0.717) is 6.42 Å². The summed E-state index contributed by atoms with van der Waals surface area (Å²) in [5, 5.41) is 14.0. The summed E-state index contributed by atoms with van der Waals surface area (Å²) >= 11 is 0. The maximum Gasteiger partial charge on any atom is 0.230 e. The average molecular weight is 267 g/mol. The zero-order valence-electron chi connectivity index (χ0n) is 11.2. The molecule has 4 N–H and O–H groups in total. The van der Waals surface area contributed by atoms with Crippen LogP contribution in [0.25, 0.3) is 0 Å². The lowest BCUT2D eigenvalue weighted by Gasteiger charge is -2.22. The van der Waals surface area contributed by atoms with Gasteiger partial charge in [0.1, 0.15) is 5.82 Å². The molecule has 0 saturated heterocycles. The van der Waals surface area contributed by atoms with E-state index in [2.05, 4.69) is 10.5 Å². The predicted octanol–water partition coefficient (Wildman–Crippen LogP) is 2.29. The van der Waals surface area contributed by atoms with Crippen molar-refractivity contribution in [2.75, 3.05) is 5.32 Å². The van der Waals surface area contributed by atoms with Crippen LogP contribution in [0.15, 0.2) is 23.4 Å². The van der Waals surface area contributed by atoms with Gasteiger partial charge in [0, 0.05) is 5.41 Å². The number of amidine groups is 1. The number of amides is 1. The lowest BCUT2D eigenvalue weighted by atomic mass is 9.89. The maximum atomic E-state index is 13.7. The summed E-state index contributed by atoms with van der Waals surface area (Å²) in [6.45, 7) is 5.45. The Morgan fingerprint density at radius 2 is 2.16 bits per heavy atom. The highest BCUT2D eigenvalue weighted by atomic mass is 19.1. The molecule has 0 fully saturated rings. The molecule has 0 aliphatic carbocycles. The van der Waals surface area contributed by atoms with Crippen LogP contribution in [0, 0.1) is 11.2 Å². The number of nitrogens with zero attached hydrogens (tertiary/aromatic N) is 1. The van der Waals surface area contributed by atoms with Gasteiger partial charge in [-0.2, -0.15) is 0 Å². The van der Waals surface area contributed by atoms with Gasteiger partial charge in [-0.25, -0.2) is 4.39 Å². The highest BCUT2D eigenvalue weighted by Crippen LogP contribution is 2.25.